The minimum Gasteiger partial charge on any atom is -0.358 e. The molecule has 2 saturated heterocycles. The van der Waals surface area contributed by atoms with E-state index < -0.39 is 16.8 Å². The van der Waals surface area contributed by atoms with E-state index in [9.17, 15) is 4.79 Å². The summed E-state index contributed by atoms with van der Waals surface area (Å²) in [5.74, 6) is 0.0924. The SMILES string of the molecule is CCC1(C)OC(C)(CC)C2(OC2c2ccc(Br)cc2)C1=O. The third-order valence-electron chi connectivity index (χ3n) is 5.19. The lowest BCUT2D eigenvalue weighted by Crippen LogP contribution is -2.43. The Bertz CT molecular complexity index is 584. The van der Waals surface area contributed by atoms with Crippen molar-refractivity contribution in [3.05, 3.63) is 34.3 Å². The van der Waals surface area contributed by atoms with Gasteiger partial charge in [0.2, 0.25) is 5.78 Å². The molecule has 0 N–H and O–H groups in total. The summed E-state index contributed by atoms with van der Waals surface area (Å²) >= 11 is 3.43. The maximum absolute atomic E-state index is 13.0. The molecule has 2 aliphatic heterocycles. The second-order valence-electron chi connectivity index (χ2n) is 6.39. The highest BCUT2D eigenvalue weighted by Gasteiger charge is 2.80. The van der Waals surface area contributed by atoms with Crippen LogP contribution < -0.4 is 0 Å². The van der Waals surface area contributed by atoms with Crippen molar-refractivity contribution in [2.24, 2.45) is 0 Å². The first-order chi connectivity index (χ1) is 9.83. The maximum atomic E-state index is 13.0. The average molecular weight is 353 g/mol. The van der Waals surface area contributed by atoms with E-state index in [1.54, 1.807) is 0 Å². The van der Waals surface area contributed by atoms with Gasteiger partial charge in [-0.05, 0) is 44.4 Å². The topological polar surface area (TPSA) is 38.8 Å². The standard InChI is InChI=1S/C17H21BrO3/c1-5-15(3)14(19)17(16(4,6-2)21-15)13(20-17)11-7-9-12(18)10-8-11/h7-10,13H,5-6H2,1-4H3. The summed E-state index contributed by atoms with van der Waals surface area (Å²) in [6, 6.07) is 7.98. The smallest absolute Gasteiger partial charge is 0.202 e. The summed E-state index contributed by atoms with van der Waals surface area (Å²) in [7, 11) is 0. The Labute approximate surface area is 134 Å². The number of epoxide rings is 1. The van der Waals surface area contributed by atoms with Crippen LogP contribution in [0.1, 0.15) is 52.2 Å². The fourth-order valence-corrected chi connectivity index (χ4v) is 3.75. The van der Waals surface area contributed by atoms with Gasteiger partial charge in [0.1, 0.15) is 17.3 Å². The number of ketones is 1. The van der Waals surface area contributed by atoms with E-state index in [1.807, 2.05) is 45.0 Å². The molecule has 0 aliphatic carbocycles. The van der Waals surface area contributed by atoms with Crippen LogP contribution in [0.2, 0.25) is 0 Å². The third-order valence-corrected chi connectivity index (χ3v) is 5.72. The molecule has 4 heteroatoms. The molecule has 0 radical (unpaired) electrons. The molecule has 2 aliphatic rings. The zero-order chi connectivity index (χ0) is 15.5. The largest absolute Gasteiger partial charge is 0.358 e. The van der Waals surface area contributed by atoms with Crippen molar-refractivity contribution in [1.82, 2.24) is 0 Å². The van der Waals surface area contributed by atoms with E-state index in [0.29, 0.717) is 6.42 Å². The Morgan fingerprint density at radius 1 is 1.14 bits per heavy atom. The molecule has 3 nitrogen and oxygen atoms in total. The second kappa shape index (κ2) is 4.64. The number of ether oxygens (including phenoxy) is 2. The van der Waals surface area contributed by atoms with Gasteiger partial charge in [-0.1, -0.05) is 41.9 Å². The number of benzene rings is 1. The maximum Gasteiger partial charge on any atom is 0.202 e. The minimum atomic E-state index is -0.819. The van der Waals surface area contributed by atoms with Gasteiger partial charge in [-0.25, -0.2) is 0 Å². The Kier molecular flexibility index (Phi) is 3.36. The Morgan fingerprint density at radius 3 is 2.29 bits per heavy atom. The number of Topliss-reactive ketones (excluding diaryl/α,β-unsaturated/α-hetero) is 1. The number of carbonyl (C=O) groups excluding carboxylic acids is 1. The first-order valence-corrected chi connectivity index (χ1v) is 8.30. The Balaban J connectivity index is 2.01. The molecule has 1 spiro atoms. The molecular weight excluding hydrogens is 332 g/mol. The van der Waals surface area contributed by atoms with Crippen LogP contribution in [0.15, 0.2) is 28.7 Å². The Hall–Kier alpha value is -0.710. The molecule has 0 amide bonds. The number of carbonyl (C=O) groups is 1. The van der Waals surface area contributed by atoms with Gasteiger partial charge in [0, 0.05) is 4.47 Å². The van der Waals surface area contributed by atoms with Crippen LogP contribution in [0, 0.1) is 0 Å². The number of hydrogen-bond donors (Lipinski definition) is 0. The molecular formula is C17H21BrO3. The van der Waals surface area contributed by atoms with Crippen LogP contribution in [0.4, 0.5) is 0 Å². The van der Waals surface area contributed by atoms with Gasteiger partial charge < -0.3 is 9.47 Å². The van der Waals surface area contributed by atoms with Crippen molar-refractivity contribution < 1.29 is 14.3 Å². The monoisotopic (exact) mass is 352 g/mol. The van der Waals surface area contributed by atoms with E-state index in [2.05, 4.69) is 22.9 Å². The summed E-state index contributed by atoms with van der Waals surface area (Å²) in [5, 5.41) is 0. The summed E-state index contributed by atoms with van der Waals surface area (Å²) in [5.41, 5.74) is -1.09. The molecule has 114 valence electrons. The van der Waals surface area contributed by atoms with Crippen molar-refractivity contribution in [2.75, 3.05) is 0 Å². The van der Waals surface area contributed by atoms with Gasteiger partial charge >= 0.3 is 0 Å². The molecule has 0 aromatic heterocycles. The lowest BCUT2D eigenvalue weighted by Gasteiger charge is -2.28. The third kappa shape index (κ3) is 1.89. The van der Waals surface area contributed by atoms with Gasteiger partial charge in [0.05, 0.1) is 0 Å². The van der Waals surface area contributed by atoms with E-state index in [1.165, 1.54) is 0 Å². The highest BCUT2D eigenvalue weighted by atomic mass is 79.9. The van der Waals surface area contributed by atoms with Crippen LogP contribution in [-0.2, 0) is 14.3 Å². The summed E-state index contributed by atoms with van der Waals surface area (Å²) < 4.78 is 13.3. The number of hydrogen-bond acceptors (Lipinski definition) is 3. The molecule has 1 aromatic carbocycles. The van der Waals surface area contributed by atoms with Crippen LogP contribution >= 0.6 is 15.9 Å². The molecule has 0 saturated carbocycles. The normalized spacial score (nSPS) is 41.8. The highest BCUT2D eigenvalue weighted by molar-refractivity contribution is 9.10. The quantitative estimate of drug-likeness (QED) is 0.765. The highest BCUT2D eigenvalue weighted by Crippen LogP contribution is 2.65. The fraction of sp³-hybridized carbons (Fsp3) is 0.588. The van der Waals surface area contributed by atoms with Crippen LogP contribution in [0.5, 0.6) is 0 Å². The van der Waals surface area contributed by atoms with Crippen molar-refractivity contribution >= 4 is 21.7 Å². The van der Waals surface area contributed by atoms with Crippen LogP contribution in [0.25, 0.3) is 0 Å². The zero-order valence-electron chi connectivity index (χ0n) is 12.9. The van der Waals surface area contributed by atoms with E-state index in [4.69, 9.17) is 9.47 Å². The van der Waals surface area contributed by atoms with Gasteiger partial charge in [-0.15, -0.1) is 0 Å². The molecule has 2 heterocycles. The molecule has 4 unspecified atom stereocenters. The molecule has 3 rings (SSSR count). The van der Waals surface area contributed by atoms with Crippen molar-refractivity contribution in [2.45, 2.75) is 63.4 Å². The lowest BCUT2D eigenvalue weighted by atomic mass is 9.78. The first kappa shape index (κ1) is 15.2. The fourth-order valence-electron chi connectivity index (χ4n) is 3.49. The first-order valence-electron chi connectivity index (χ1n) is 7.51. The molecule has 2 fully saturated rings. The Morgan fingerprint density at radius 2 is 1.76 bits per heavy atom. The number of rotatable bonds is 3. The van der Waals surface area contributed by atoms with Crippen molar-refractivity contribution in [3.63, 3.8) is 0 Å². The molecule has 4 atom stereocenters. The molecule has 21 heavy (non-hydrogen) atoms. The summed E-state index contributed by atoms with van der Waals surface area (Å²) in [4.78, 5) is 13.0. The second-order valence-corrected chi connectivity index (χ2v) is 7.30. The van der Waals surface area contributed by atoms with Crippen LogP contribution in [0.3, 0.4) is 0 Å². The zero-order valence-corrected chi connectivity index (χ0v) is 14.5. The number of halogens is 1. The van der Waals surface area contributed by atoms with Gasteiger partial charge in [0.25, 0.3) is 0 Å². The predicted molar refractivity (Wildman–Crippen MR) is 84.2 cm³/mol. The van der Waals surface area contributed by atoms with E-state index >= 15 is 0 Å². The summed E-state index contributed by atoms with van der Waals surface area (Å²) in [6.45, 7) is 7.93. The van der Waals surface area contributed by atoms with Crippen molar-refractivity contribution in [3.8, 4) is 0 Å². The van der Waals surface area contributed by atoms with Crippen molar-refractivity contribution in [1.29, 1.82) is 0 Å². The average Bonchev–Trinajstić information content (AvgIpc) is 3.20. The van der Waals surface area contributed by atoms with Gasteiger partial charge in [-0.3, -0.25) is 4.79 Å². The predicted octanol–water partition coefficient (Wildman–Crippen LogP) is 4.20. The van der Waals surface area contributed by atoms with E-state index in [-0.39, 0.29) is 11.9 Å². The lowest BCUT2D eigenvalue weighted by molar-refractivity contribution is -0.136. The molecule has 1 aromatic rings. The summed E-state index contributed by atoms with van der Waals surface area (Å²) in [6.07, 6.45) is 1.22. The van der Waals surface area contributed by atoms with Gasteiger partial charge in [-0.2, -0.15) is 0 Å². The van der Waals surface area contributed by atoms with Crippen LogP contribution in [-0.4, -0.2) is 22.6 Å². The minimum absolute atomic E-state index is 0.0924. The van der Waals surface area contributed by atoms with E-state index in [0.717, 1.165) is 16.5 Å². The molecule has 0 bridgehead atoms. The van der Waals surface area contributed by atoms with Gasteiger partial charge in [0.15, 0.2) is 5.60 Å².